The standard InChI is InChI=1S/C24H46N3O2/c1-4-5-6-7-8-9-10-11-12-13-14-15-18-27(2,3)19-16-17-20-29-24(28)23(21-25)22-26/h23-24,28H,4-20H2,1-3H3/q+1. The summed E-state index contributed by atoms with van der Waals surface area (Å²) in [6, 6.07) is 3.47. The molecule has 0 saturated carbocycles. The van der Waals surface area contributed by atoms with Crippen LogP contribution >= 0.6 is 0 Å². The van der Waals surface area contributed by atoms with Crippen molar-refractivity contribution in [2.45, 2.75) is 103 Å². The molecule has 1 unspecified atom stereocenters. The number of hydrogen-bond acceptors (Lipinski definition) is 4. The molecule has 0 aromatic heterocycles. The van der Waals surface area contributed by atoms with Crippen molar-refractivity contribution in [2.24, 2.45) is 5.92 Å². The molecule has 0 saturated heterocycles. The molecule has 1 atom stereocenters. The molecule has 1 N–H and O–H groups in total. The van der Waals surface area contributed by atoms with E-state index in [1.54, 1.807) is 12.1 Å². The molecule has 0 radical (unpaired) electrons. The van der Waals surface area contributed by atoms with E-state index in [-0.39, 0.29) is 0 Å². The summed E-state index contributed by atoms with van der Waals surface area (Å²) in [6.45, 7) is 4.94. The van der Waals surface area contributed by atoms with Crippen molar-refractivity contribution in [2.75, 3.05) is 33.8 Å². The summed E-state index contributed by atoms with van der Waals surface area (Å²) in [5.74, 6) is -1.10. The SMILES string of the molecule is CCCCCCCCCCCCCC[N+](C)(C)CCCCOC(O)C(C#N)C#N. The van der Waals surface area contributed by atoms with Crippen LogP contribution in [-0.2, 0) is 4.74 Å². The highest BCUT2D eigenvalue weighted by Gasteiger charge is 2.18. The number of nitrogens with zero attached hydrogens (tertiary/aromatic N) is 3. The van der Waals surface area contributed by atoms with Gasteiger partial charge in [-0.1, -0.05) is 71.1 Å². The average Bonchev–Trinajstić information content (AvgIpc) is 2.69. The van der Waals surface area contributed by atoms with Gasteiger partial charge in [-0.3, -0.25) is 0 Å². The number of aliphatic hydroxyl groups excluding tert-OH is 1. The Hall–Kier alpha value is -1.14. The average molecular weight is 409 g/mol. The first kappa shape index (κ1) is 27.9. The summed E-state index contributed by atoms with van der Waals surface area (Å²) in [6.07, 6.45) is 17.1. The quantitative estimate of drug-likeness (QED) is 0.163. The van der Waals surface area contributed by atoms with Gasteiger partial charge in [-0.15, -0.1) is 0 Å². The Kier molecular flexibility index (Phi) is 18.1. The second-order valence-corrected chi connectivity index (χ2v) is 8.98. The van der Waals surface area contributed by atoms with Crippen LogP contribution in [0.15, 0.2) is 0 Å². The minimum atomic E-state index is -1.30. The van der Waals surface area contributed by atoms with Crippen LogP contribution in [0, 0.1) is 28.6 Å². The predicted molar refractivity (Wildman–Crippen MR) is 119 cm³/mol. The number of hydrogen-bond donors (Lipinski definition) is 1. The molecule has 0 bridgehead atoms. The van der Waals surface area contributed by atoms with Crippen LogP contribution in [0.2, 0.25) is 0 Å². The number of quaternary nitrogens is 1. The van der Waals surface area contributed by atoms with Crippen LogP contribution in [0.4, 0.5) is 0 Å². The second-order valence-electron chi connectivity index (χ2n) is 8.98. The van der Waals surface area contributed by atoms with Gasteiger partial charge < -0.3 is 14.3 Å². The number of aliphatic hydroxyl groups is 1. The molecule has 0 fully saturated rings. The van der Waals surface area contributed by atoms with E-state index in [4.69, 9.17) is 15.3 Å². The third kappa shape index (κ3) is 17.4. The molecule has 0 spiro atoms. The van der Waals surface area contributed by atoms with E-state index in [0.717, 1.165) is 23.9 Å². The molecular weight excluding hydrogens is 362 g/mol. The molecule has 5 nitrogen and oxygen atoms in total. The number of rotatable bonds is 20. The van der Waals surface area contributed by atoms with E-state index in [1.165, 1.54) is 83.6 Å². The van der Waals surface area contributed by atoms with Crippen LogP contribution in [0.25, 0.3) is 0 Å². The van der Waals surface area contributed by atoms with Crippen LogP contribution in [-0.4, -0.2) is 49.7 Å². The lowest BCUT2D eigenvalue weighted by molar-refractivity contribution is -0.890. The lowest BCUT2D eigenvalue weighted by atomic mass is 10.1. The maximum absolute atomic E-state index is 9.58. The number of nitriles is 2. The third-order valence-corrected chi connectivity index (χ3v) is 5.63. The zero-order valence-corrected chi connectivity index (χ0v) is 19.4. The molecule has 0 rings (SSSR count). The van der Waals surface area contributed by atoms with Crippen molar-refractivity contribution in [3.8, 4) is 12.1 Å². The smallest absolute Gasteiger partial charge is 0.183 e. The lowest BCUT2D eigenvalue weighted by Gasteiger charge is -2.30. The zero-order valence-electron chi connectivity index (χ0n) is 19.4. The van der Waals surface area contributed by atoms with Crippen LogP contribution in [0.1, 0.15) is 96.8 Å². The molecule has 0 aliphatic heterocycles. The molecule has 168 valence electrons. The van der Waals surface area contributed by atoms with Crippen molar-refractivity contribution in [3.05, 3.63) is 0 Å². The summed E-state index contributed by atoms with van der Waals surface area (Å²) in [5.41, 5.74) is 0. The summed E-state index contributed by atoms with van der Waals surface area (Å²) in [4.78, 5) is 0. The molecule has 0 aromatic carbocycles. The summed E-state index contributed by atoms with van der Waals surface area (Å²) in [5, 5.41) is 27.0. The Balaban J connectivity index is 3.51. The highest BCUT2D eigenvalue weighted by atomic mass is 16.6. The fourth-order valence-corrected chi connectivity index (χ4v) is 3.59. The van der Waals surface area contributed by atoms with E-state index in [0.29, 0.717) is 6.61 Å². The molecule has 5 heteroatoms. The first-order valence-electron chi connectivity index (χ1n) is 11.9. The minimum Gasteiger partial charge on any atom is -0.366 e. The van der Waals surface area contributed by atoms with Crippen LogP contribution < -0.4 is 0 Å². The van der Waals surface area contributed by atoms with E-state index >= 15 is 0 Å². The van der Waals surface area contributed by atoms with Crippen LogP contribution in [0.3, 0.4) is 0 Å². The molecule has 29 heavy (non-hydrogen) atoms. The van der Waals surface area contributed by atoms with E-state index in [1.807, 2.05) is 0 Å². The van der Waals surface area contributed by atoms with E-state index < -0.39 is 12.2 Å². The molecular formula is C24H46N3O2+. The fraction of sp³-hybridized carbons (Fsp3) is 0.917. The van der Waals surface area contributed by atoms with Crippen molar-refractivity contribution >= 4 is 0 Å². The first-order chi connectivity index (χ1) is 14.0. The van der Waals surface area contributed by atoms with Gasteiger partial charge in [0.05, 0.1) is 45.9 Å². The predicted octanol–water partition coefficient (Wildman–Crippen LogP) is 5.54. The van der Waals surface area contributed by atoms with Gasteiger partial charge in [-0.25, -0.2) is 0 Å². The second kappa shape index (κ2) is 18.9. The third-order valence-electron chi connectivity index (χ3n) is 5.63. The van der Waals surface area contributed by atoms with E-state index in [2.05, 4.69) is 21.0 Å². The van der Waals surface area contributed by atoms with Gasteiger partial charge in [0.15, 0.2) is 12.2 Å². The molecule has 0 aliphatic rings. The van der Waals surface area contributed by atoms with Gasteiger partial charge in [0.25, 0.3) is 0 Å². The molecule has 0 heterocycles. The first-order valence-corrected chi connectivity index (χ1v) is 11.9. The maximum Gasteiger partial charge on any atom is 0.183 e. The molecule has 0 aromatic rings. The zero-order chi connectivity index (χ0) is 21.8. The highest BCUT2D eigenvalue weighted by Crippen LogP contribution is 2.13. The lowest BCUT2D eigenvalue weighted by Crippen LogP contribution is -2.41. The Morgan fingerprint density at radius 1 is 0.724 bits per heavy atom. The van der Waals surface area contributed by atoms with Gasteiger partial charge in [-0.2, -0.15) is 10.5 Å². The number of ether oxygens (including phenoxy) is 1. The summed E-state index contributed by atoms with van der Waals surface area (Å²) in [7, 11) is 4.55. The minimum absolute atomic E-state index is 0.389. The monoisotopic (exact) mass is 408 g/mol. The topological polar surface area (TPSA) is 77.0 Å². The summed E-state index contributed by atoms with van der Waals surface area (Å²) >= 11 is 0. The summed E-state index contributed by atoms with van der Waals surface area (Å²) < 4.78 is 6.20. The Morgan fingerprint density at radius 3 is 1.59 bits per heavy atom. The van der Waals surface area contributed by atoms with Gasteiger partial charge >= 0.3 is 0 Å². The van der Waals surface area contributed by atoms with Crippen molar-refractivity contribution < 1.29 is 14.3 Å². The Labute approximate surface area is 180 Å². The van der Waals surface area contributed by atoms with Gasteiger partial charge in [0.1, 0.15) is 0 Å². The van der Waals surface area contributed by atoms with Gasteiger partial charge in [-0.05, 0) is 25.7 Å². The van der Waals surface area contributed by atoms with Gasteiger partial charge in [0, 0.05) is 0 Å². The number of unbranched alkanes of at least 4 members (excludes halogenated alkanes) is 12. The van der Waals surface area contributed by atoms with Crippen LogP contribution in [0.5, 0.6) is 0 Å². The molecule has 0 aliphatic carbocycles. The van der Waals surface area contributed by atoms with Crippen molar-refractivity contribution in [1.82, 2.24) is 0 Å². The maximum atomic E-state index is 9.58. The highest BCUT2D eigenvalue weighted by molar-refractivity contribution is 5.00. The van der Waals surface area contributed by atoms with E-state index in [9.17, 15) is 5.11 Å². The van der Waals surface area contributed by atoms with Gasteiger partial charge in [0.2, 0.25) is 0 Å². The van der Waals surface area contributed by atoms with Crippen molar-refractivity contribution in [3.63, 3.8) is 0 Å². The Bertz CT molecular complexity index is 440. The normalized spacial score (nSPS) is 12.7. The largest absolute Gasteiger partial charge is 0.366 e. The Morgan fingerprint density at radius 2 is 1.14 bits per heavy atom. The molecule has 0 amide bonds. The fourth-order valence-electron chi connectivity index (χ4n) is 3.59. The van der Waals surface area contributed by atoms with Crippen molar-refractivity contribution in [1.29, 1.82) is 10.5 Å².